The summed E-state index contributed by atoms with van der Waals surface area (Å²) in [6.45, 7) is 5.99. The van der Waals surface area contributed by atoms with Gasteiger partial charge in [0.2, 0.25) is 0 Å². The van der Waals surface area contributed by atoms with Gasteiger partial charge in [0.1, 0.15) is 0 Å². The highest BCUT2D eigenvalue weighted by Gasteiger charge is 2.34. The van der Waals surface area contributed by atoms with E-state index in [0.717, 1.165) is 18.0 Å². The molecular weight excluding hydrogens is 158 g/mol. The van der Waals surface area contributed by atoms with Crippen LogP contribution >= 0.6 is 0 Å². The van der Waals surface area contributed by atoms with E-state index in [-0.39, 0.29) is 0 Å². The van der Waals surface area contributed by atoms with Crippen molar-refractivity contribution in [1.82, 2.24) is 4.90 Å². The van der Waals surface area contributed by atoms with Gasteiger partial charge in [-0.25, -0.2) is 0 Å². The van der Waals surface area contributed by atoms with Crippen LogP contribution in [0.3, 0.4) is 0 Å². The van der Waals surface area contributed by atoms with Crippen LogP contribution in [0.25, 0.3) is 0 Å². The van der Waals surface area contributed by atoms with E-state index in [0.29, 0.717) is 0 Å². The minimum absolute atomic E-state index is 0.758. The lowest BCUT2D eigenvalue weighted by atomic mass is 9.92. The highest BCUT2D eigenvalue weighted by Crippen LogP contribution is 2.32. The summed E-state index contributed by atoms with van der Waals surface area (Å²) >= 11 is 0. The van der Waals surface area contributed by atoms with Crippen molar-refractivity contribution in [2.45, 2.75) is 51.6 Å². The van der Waals surface area contributed by atoms with E-state index in [1.165, 1.54) is 32.2 Å². The van der Waals surface area contributed by atoms with Crippen molar-refractivity contribution < 1.29 is 0 Å². The fraction of sp³-hybridized carbons (Fsp3) is 0.833. The average molecular weight is 179 g/mol. The summed E-state index contributed by atoms with van der Waals surface area (Å²) in [5.41, 5.74) is 0. The molecule has 0 bridgehead atoms. The Hall–Kier alpha value is -0.300. The average Bonchev–Trinajstić information content (AvgIpc) is 2.59. The fourth-order valence-electron chi connectivity index (χ4n) is 2.89. The zero-order chi connectivity index (χ0) is 9.26. The van der Waals surface area contributed by atoms with Gasteiger partial charge in [-0.05, 0) is 31.7 Å². The monoisotopic (exact) mass is 179 g/mol. The molecule has 0 spiro atoms. The second-order valence-corrected chi connectivity index (χ2v) is 4.55. The molecule has 2 rings (SSSR count). The topological polar surface area (TPSA) is 3.24 Å². The molecule has 3 atom stereocenters. The van der Waals surface area contributed by atoms with Crippen molar-refractivity contribution in [2.24, 2.45) is 5.92 Å². The third-order valence-electron chi connectivity index (χ3n) is 3.60. The van der Waals surface area contributed by atoms with Crippen LogP contribution < -0.4 is 0 Å². The molecule has 0 aromatic rings. The Bertz CT molecular complexity index is 197. The fourth-order valence-corrected chi connectivity index (χ4v) is 2.89. The molecule has 0 amide bonds. The normalized spacial score (nSPS) is 39.4. The highest BCUT2D eigenvalue weighted by atomic mass is 15.2. The highest BCUT2D eigenvalue weighted by molar-refractivity contribution is 5.08. The summed E-state index contributed by atoms with van der Waals surface area (Å²) in [6, 6.07) is 1.62. The van der Waals surface area contributed by atoms with E-state index in [1.807, 2.05) is 0 Å². The first-order valence-electron chi connectivity index (χ1n) is 5.77. The lowest BCUT2D eigenvalue weighted by Crippen LogP contribution is -2.43. The first-order chi connectivity index (χ1) is 6.33. The van der Waals surface area contributed by atoms with Gasteiger partial charge in [0.25, 0.3) is 0 Å². The van der Waals surface area contributed by atoms with Crippen LogP contribution in [0.2, 0.25) is 0 Å². The Morgan fingerprint density at radius 2 is 2.23 bits per heavy atom. The number of nitrogens with zero attached hydrogens (tertiary/aromatic N) is 1. The molecule has 74 valence electrons. The summed E-state index contributed by atoms with van der Waals surface area (Å²) in [6.07, 6.45) is 10.4. The zero-order valence-electron chi connectivity index (χ0n) is 8.87. The summed E-state index contributed by atoms with van der Waals surface area (Å²) in [5.74, 6) is 0.788. The SMILES string of the molecule is CCCC1C=CC(C)C2CCCN12. The molecule has 0 aromatic heterocycles. The van der Waals surface area contributed by atoms with Crippen LogP contribution in [-0.4, -0.2) is 23.5 Å². The molecule has 1 saturated heterocycles. The van der Waals surface area contributed by atoms with Gasteiger partial charge in [0, 0.05) is 12.1 Å². The Morgan fingerprint density at radius 1 is 1.38 bits per heavy atom. The summed E-state index contributed by atoms with van der Waals surface area (Å²) in [7, 11) is 0. The molecule has 1 fully saturated rings. The maximum atomic E-state index is 2.73. The number of hydrogen-bond donors (Lipinski definition) is 0. The Balaban J connectivity index is 2.08. The molecule has 0 radical (unpaired) electrons. The van der Waals surface area contributed by atoms with E-state index in [4.69, 9.17) is 0 Å². The summed E-state index contributed by atoms with van der Waals surface area (Å²) in [5, 5.41) is 0. The van der Waals surface area contributed by atoms with Crippen molar-refractivity contribution in [3.05, 3.63) is 12.2 Å². The standard InChI is InChI=1S/C12H21N/c1-3-5-11-8-7-10(2)12-6-4-9-13(11)12/h7-8,10-12H,3-6,9H2,1-2H3. The van der Waals surface area contributed by atoms with E-state index in [2.05, 4.69) is 30.9 Å². The van der Waals surface area contributed by atoms with E-state index >= 15 is 0 Å². The third-order valence-corrected chi connectivity index (χ3v) is 3.60. The van der Waals surface area contributed by atoms with Crippen LogP contribution in [-0.2, 0) is 0 Å². The molecule has 0 saturated carbocycles. The first kappa shape index (κ1) is 9.26. The number of hydrogen-bond acceptors (Lipinski definition) is 1. The smallest absolute Gasteiger partial charge is 0.0281 e. The van der Waals surface area contributed by atoms with E-state index in [9.17, 15) is 0 Å². The van der Waals surface area contributed by atoms with Gasteiger partial charge in [-0.1, -0.05) is 32.4 Å². The molecule has 0 aliphatic carbocycles. The lowest BCUT2D eigenvalue weighted by molar-refractivity contribution is 0.160. The minimum atomic E-state index is 0.758. The zero-order valence-corrected chi connectivity index (χ0v) is 8.87. The van der Waals surface area contributed by atoms with Gasteiger partial charge in [0.05, 0.1) is 0 Å². The van der Waals surface area contributed by atoms with E-state index in [1.54, 1.807) is 0 Å². The van der Waals surface area contributed by atoms with Gasteiger partial charge in [-0.3, -0.25) is 4.90 Å². The molecule has 0 aromatic carbocycles. The maximum absolute atomic E-state index is 2.73. The Kier molecular flexibility index (Phi) is 2.73. The van der Waals surface area contributed by atoms with Crippen molar-refractivity contribution in [3.63, 3.8) is 0 Å². The Labute approximate surface area is 81.8 Å². The van der Waals surface area contributed by atoms with Gasteiger partial charge in [0.15, 0.2) is 0 Å². The Morgan fingerprint density at radius 3 is 3.00 bits per heavy atom. The molecule has 2 aliphatic heterocycles. The van der Waals surface area contributed by atoms with Crippen molar-refractivity contribution in [2.75, 3.05) is 6.54 Å². The third kappa shape index (κ3) is 1.67. The maximum Gasteiger partial charge on any atom is 0.0281 e. The van der Waals surface area contributed by atoms with Gasteiger partial charge >= 0.3 is 0 Å². The van der Waals surface area contributed by atoms with Crippen molar-refractivity contribution >= 4 is 0 Å². The molecule has 1 heteroatoms. The van der Waals surface area contributed by atoms with Crippen LogP contribution in [0, 0.1) is 5.92 Å². The second kappa shape index (κ2) is 3.83. The van der Waals surface area contributed by atoms with Crippen molar-refractivity contribution in [1.29, 1.82) is 0 Å². The molecule has 2 heterocycles. The molecule has 2 aliphatic rings. The van der Waals surface area contributed by atoms with E-state index < -0.39 is 0 Å². The first-order valence-corrected chi connectivity index (χ1v) is 5.77. The molecule has 13 heavy (non-hydrogen) atoms. The largest absolute Gasteiger partial charge is 0.293 e. The van der Waals surface area contributed by atoms with Gasteiger partial charge in [-0.2, -0.15) is 0 Å². The summed E-state index contributed by atoms with van der Waals surface area (Å²) in [4.78, 5) is 2.73. The van der Waals surface area contributed by atoms with Crippen LogP contribution in [0.15, 0.2) is 12.2 Å². The lowest BCUT2D eigenvalue weighted by Gasteiger charge is -2.37. The molecular formula is C12H21N. The second-order valence-electron chi connectivity index (χ2n) is 4.55. The van der Waals surface area contributed by atoms with Crippen molar-refractivity contribution in [3.8, 4) is 0 Å². The van der Waals surface area contributed by atoms with Crippen LogP contribution in [0.4, 0.5) is 0 Å². The minimum Gasteiger partial charge on any atom is -0.293 e. The van der Waals surface area contributed by atoms with Crippen LogP contribution in [0.1, 0.15) is 39.5 Å². The van der Waals surface area contributed by atoms with Gasteiger partial charge < -0.3 is 0 Å². The predicted molar refractivity (Wildman–Crippen MR) is 56.7 cm³/mol. The molecule has 0 N–H and O–H groups in total. The quantitative estimate of drug-likeness (QED) is 0.589. The predicted octanol–water partition coefficient (Wildman–Crippen LogP) is 2.83. The van der Waals surface area contributed by atoms with Gasteiger partial charge in [-0.15, -0.1) is 0 Å². The molecule has 1 nitrogen and oxygen atoms in total. The number of fused-ring (bicyclic) bond motifs is 1. The molecule has 3 unspecified atom stereocenters. The number of rotatable bonds is 2. The summed E-state index contributed by atoms with van der Waals surface area (Å²) < 4.78 is 0. The van der Waals surface area contributed by atoms with Crippen LogP contribution in [0.5, 0.6) is 0 Å².